The largest absolute Gasteiger partial charge is 0.326 e. The third kappa shape index (κ3) is 3.21. The van der Waals surface area contributed by atoms with E-state index in [0.717, 1.165) is 22.5 Å². The van der Waals surface area contributed by atoms with Crippen molar-refractivity contribution in [3.63, 3.8) is 0 Å². The molecule has 0 radical (unpaired) electrons. The van der Waals surface area contributed by atoms with Crippen LogP contribution in [-0.4, -0.2) is 21.6 Å². The van der Waals surface area contributed by atoms with E-state index in [9.17, 15) is 9.59 Å². The average molecular weight is 346 g/mol. The lowest BCUT2D eigenvalue weighted by atomic mass is 9.97. The number of para-hydroxylation sites is 2. The summed E-state index contributed by atoms with van der Waals surface area (Å²) in [6, 6.07) is 17.0. The number of hydrogen-bond acceptors (Lipinski definition) is 3. The van der Waals surface area contributed by atoms with E-state index in [1.807, 2.05) is 60.8 Å². The lowest BCUT2D eigenvalue weighted by Gasteiger charge is -2.13. The van der Waals surface area contributed by atoms with Gasteiger partial charge in [0, 0.05) is 30.2 Å². The zero-order valence-corrected chi connectivity index (χ0v) is 14.1. The van der Waals surface area contributed by atoms with E-state index in [2.05, 4.69) is 15.7 Å². The lowest BCUT2D eigenvalue weighted by Crippen LogP contribution is -2.21. The number of hydrogen-bond donors (Lipinski definition) is 2. The summed E-state index contributed by atoms with van der Waals surface area (Å²) in [4.78, 5) is 24.8. The topological polar surface area (TPSA) is 76.0 Å². The van der Waals surface area contributed by atoms with Crippen molar-refractivity contribution in [3.8, 4) is 0 Å². The standard InChI is InChI=1S/C20H18N4O2/c25-19(12-16-15-7-2-4-9-18(15)23-20(16)26)22-17-8-3-1-6-14(17)13-24-11-5-10-21-24/h1-11,16H,12-13H2,(H,22,25)(H,23,26)/t16-/m0/s1. The minimum absolute atomic E-state index is 0.110. The third-order valence-electron chi connectivity index (χ3n) is 4.48. The molecule has 6 nitrogen and oxygen atoms in total. The minimum atomic E-state index is -0.454. The van der Waals surface area contributed by atoms with E-state index in [1.165, 1.54) is 0 Å². The van der Waals surface area contributed by atoms with Crippen LogP contribution < -0.4 is 10.6 Å². The first kappa shape index (κ1) is 16.1. The van der Waals surface area contributed by atoms with E-state index in [1.54, 1.807) is 10.9 Å². The monoisotopic (exact) mass is 346 g/mol. The molecule has 0 spiro atoms. The molecule has 6 heteroatoms. The molecule has 1 aliphatic heterocycles. The fraction of sp³-hybridized carbons (Fsp3) is 0.150. The van der Waals surface area contributed by atoms with Crippen LogP contribution in [0.5, 0.6) is 0 Å². The zero-order chi connectivity index (χ0) is 17.9. The third-order valence-corrected chi connectivity index (χ3v) is 4.48. The number of carbonyl (C=O) groups is 2. The maximum atomic E-state index is 12.6. The minimum Gasteiger partial charge on any atom is -0.326 e. The molecule has 0 bridgehead atoms. The van der Waals surface area contributed by atoms with Crippen LogP contribution in [0.4, 0.5) is 11.4 Å². The van der Waals surface area contributed by atoms with Crippen molar-refractivity contribution < 1.29 is 9.59 Å². The quantitative estimate of drug-likeness (QED) is 0.746. The van der Waals surface area contributed by atoms with Crippen LogP contribution in [0, 0.1) is 0 Å². The summed E-state index contributed by atoms with van der Waals surface area (Å²) in [6.45, 7) is 0.566. The molecule has 2 aromatic carbocycles. The Morgan fingerprint density at radius 3 is 2.77 bits per heavy atom. The van der Waals surface area contributed by atoms with Gasteiger partial charge >= 0.3 is 0 Å². The Labute approximate surface area is 150 Å². The lowest BCUT2D eigenvalue weighted by molar-refractivity contribution is -0.122. The Morgan fingerprint density at radius 1 is 1.12 bits per heavy atom. The number of benzene rings is 2. The van der Waals surface area contributed by atoms with Gasteiger partial charge in [-0.1, -0.05) is 36.4 Å². The molecule has 0 saturated carbocycles. The molecule has 2 heterocycles. The van der Waals surface area contributed by atoms with Gasteiger partial charge in [0.25, 0.3) is 0 Å². The van der Waals surface area contributed by atoms with Crippen LogP contribution in [-0.2, 0) is 16.1 Å². The van der Waals surface area contributed by atoms with E-state index in [0.29, 0.717) is 6.54 Å². The van der Waals surface area contributed by atoms with Gasteiger partial charge in [0.2, 0.25) is 11.8 Å². The molecule has 0 unspecified atom stereocenters. The number of nitrogens with zero attached hydrogens (tertiary/aromatic N) is 2. The predicted molar refractivity (Wildman–Crippen MR) is 98.8 cm³/mol. The summed E-state index contributed by atoms with van der Waals surface area (Å²) in [6.07, 6.45) is 3.70. The summed E-state index contributed by atoms with van der Waals surface area (Å²) >= 11 is 0. The maximum absolute atomic E-state index is 12.6. The highest BCUT2D eigenvalue weighted by Gasteiger charge is 2.31. The molecule has 1 atom stereocenters. The molecule has 0 saturated heterocycles. The highest BCUT2D eigenvalue weighted by Crippen LogP contribution is 2.34. The van der Waals surface area contributed by atoms with Crippen molar-refractivity contribution in [2.75, 3.05) is 10.6 Å². The molecule has 2 amide bonds. The number of anilines is 2. The molecule has 2 N–H and O–H groups in total. The number of amides is 2. The highest BCUT2D eigenvalue weighted by molar-refractivity contribution is 6.06. The second kappa shape index (κ2) is 6.84. The van der Waals surface area contributed by atoms with Crippen molar-refractivity contribution in [2.45, 2.75) is 18.9 Å². The van der Waals surface area contributed by atoms with Crippen LogP contribution in [0.3, 0.4) is 0 Å². The average Bonchev–Trinajstić information content (AvgIpc) is 3.25. The van der Waals surface area contributed by atoms with Crippen LogP contribution in [0.1, 0.15) is 23.5 Å². The van der Waals surface area contributed by atoms with E-state index >= 15 is 0 Å². The van der Waals surface area contributed by atoms with Crippen molar-refractivity contribution in [2.24, 2.45) is 0 Å². The first-order valence-electron chi connectivity index (χ1n) is 8.45. The number of aromatic nitrogens is 2. The summed E-state index contributed by atoms with van der Waals surface area (Å²) in [7, 11) is 0. The molecule has 0 aliphatic carbocycles. The number of rotatable bonds is 5. The van der Waals surface area contributed by atoms with Gasteiger partial charge in [-0.2, -0.15) is 5.10 Å². The summed E-state index contributed by atoms with van der Waals surface area (Å²) in [5.74, 6) is -0.773. The van der Waals surface area contributed by atoms with Gasteiger partial charge in [0.15, 0.2) is 0 Å². The first-order valence-corrected chi connectivity index (χ1v) is 8.45. The van der Waals surface area contributed by atoms with Gasteiger partial charge in [-0.05, 0) is 29.3 Å². The second-order valence-corrected chi connectivity index (χ2v) is 6.24. The molecule has 1 aromatic heterocycles. The zero-order valence-electron chi connectivity index (χ0n) is 14.1. The highest BCUT2D eigenvalue weighted by atomic mass is 16.2. The Balaban J connectivity index is 1.48. The Hall–Kier alpha value is -3.41. The summed E-state index contributed by atoms with van der Waals surface area (Å²) in [5.41, 5.74) is 3.35. The molecule has 0 fully saturated rings. The Morgan fingerprint density at radius 2 is 1.92 bits per heavy atom. The molecule has 130 valence electrons. The molecule has 26 heavy (non-hydrogen) atoms. The first-order chi connectivity index (χ1) is 12.7. The molecule has 4 rings (SSSR count). The normalized spacial score (nSPS) is 15.4. The number of nitrogens with one attached hydrogen (secondary N) is 2. The molecule has 1 aliphatic rings. The van der Waals surface area contributed by atoms with Gasteiger partial charge in [0.1, 0.15) is 0 Å². The van der Waals surface area contributed by atoms with Crippen molar-refractivity contribution in [1.29, 1.82) is 0 Å². The second-order valence-electron chi connectivity index (χ2n) is 6.24. The van der Waals surface area contributed by atoms with E-state index in [-0.39, 0.29) is 18.2 Å². The molecular formula is C20H18N4O2. The van der Waals surface area contributed by atoms with Crippen LogP contribution >= 0.6 is 0 Å². The molecular weight excluding hydrogens is 328 g/mol. The number of fused-ring (bicyclic) bond motifs is 1. The van der Waals surface area contributed by atoms with Crippen LogP contribution in [0.25, 0.3) is 0 Å². The predicted octanol–water partition coefficient (Wildman–Crippen LogP) is 3.00. The van der Waals surface area contributed by atoms with Crippen LogP contribution in [0.15, 0.2) is 67.0 Å². The smallest absolute Gasteiger partial charge is 0.232 e. The van der Waals surface area contributed by atoms with Gasteiger partial charge < -0.3 is 10.6 Å². The Kier molecular flexibility index (Phi) is 4.23. The van der Waals surface area contributed by atoms with E-state index in [4.69, 9.17) is 0 Å². The fourth-order valence-corrected chi connectivity index (χ4v) is 3.21. The maximum Gasteiger partial charge on any atom is 0.232 e. The van der Waals surface area contributed by atoms with Crippen molar-refractivity contribution >= 4 is 23.2 Å². The summed E-state index contributed by atoms with van der Waals surface area (Å²) in [5, 5.41) is 9.97. The van der Waals surface area contributed by atoms with Crippen molar-refractivity contribution in [1.82, 2.24) is 9.78 Å². The Bertz CT molecular complexity index is 950. The van der Waals surface area contributed by atoms with Gasteiger partial charge in [0.05, 0.1) is 12.5 Å². The number of carbonyl (C=O) groups excluding carboxylic acids is 2. The van der Waals surface area contributed by atoms with Gasteiger partial charge in [-0.15, -0.1) is 0 Å². The summed E-state index contributed by atoms with van der Waals surface area (Å²) < 4.78 is 1.80. The molecule has 3 aromatic rings. The van der Waals surface area contributed by atoms with E-state index < -0.39 is 5.92 Å². The van der Waals surface area contributed by atoms with Crippen LogP contribution in [0.2, 0.25) is 0 Å². The fourth-order valence-electron chi connectivity index (χ4n) is 3.21. The van der Waals surface area contributed by atoms with Gasteiger partial charge in [-0.25, -0.2) is 0 Å². The van der Waals surface area contributed by atoms with Crippen molar-refractivity contribution in [3.05, 3.63) is 78.1 Å². The van der Waals surface area contributed by atoms with Gasteiger partial charge in [-0.3, -0.25) is 14.3 Å². The SMILES string of the molecule is O=C(C[C@@H]1C(=O)Nc2ccccc21)Nc1ccccc1Cn1cccn1.